The molecule has 1 aromatic rings. The molecule has 0 aromatic carbocycles. The summed E-state index contributed by atoms with van der Waals surface area (Å²) >= 11 is 0. The molecule has 6 aliphatic carbocycles. The molecule has 0 radical (unpaired) electrons. The Morgan fingerprint density at radius 3 is 2.41 bits per heavy atom. The van der Waals surface area contributed by atoms with Gasteiger partial charge in [0, 0.05) is 23.6 Å². The average molecular weight is 308 g/mol. The average Bonchev–Trinajstić information content (AvgIpc) is 2.92. The zero-order chi connectivity index (χ0) is 15.4. The second-order valence-electron chi connectivity index (χ2n) is 7.85. The maximum absolute atomic E-state index is 13.1. The van der Waals surface area contributed by atoms with E-state index in [4.69, 9.17) is 0 Å². The molecule has 116 valence electrons. The van der Waals surface area contributed by atoms with Gasteiger partial charge in [0.05, 0.1) is 12.0 Å². The van der Waals surface area contributed by atoms with Gasteiger partial charge in [0.2, 0.25) is 0 Å². The van der Waals surface area contributed by atoms with Crippen molar-refractivity contribution in [3.05, 3.63) is 28.9 Å². The van der Waals surface area contributed by atoms with Crippen LogP contribution < -0.4 is 0 Å². The van der Waals surface area contributed by atoms with Crippen LogP contribution in [0.25, 0.3) is 0 Å². The zero-order valence-corrected chi connectivity index (χ0v) is 12.1. The summed E-state index contributed by atoms with van der Waals surface area (Å²) in [7, 11) is 0. The molecule has 22 heavy (non-hydrogen) atoms. The SMILES string of the molecule is CC(C)n1cc(C(F)(F)F)nc1C12C3=C4C1C1C2C3C41CO. The highest BCUT2D eigenvalue weighted by atomic mass is 19.4. The molecule has 6 atom stereocenters. The summed E-state index contributed by atoms with van der Waals surface area (Å²) in [6.07, 6.45) is -3.22. The van der Waals surface area contributed by atoms with E-state index in [0.29, 0.717) is 29.5 Å². The van der Waals surface area contributed by atoms with Gasteiger partial charge in [-0.15, -0.1) is 0 Å². The van der Waals surface area contributed by atoms with Crippen molar-refractivity contribution in [3.63, 3.8) is 0 Å². The third-order valence-electron chi connectivity index (χ3n) is 7.34. The molecule has 6 unspecified atom stereocenters. The Bertz CT molecular complexity index is 807. The van der Waals surface area contributed by atoms with Gasteiger partial charge in [-0.3, -0.25) is 0 Å². The van der Waals surface area contributed by atoms with E-state index in [2.05, 4.69) is 4.98 Å². The quantitative estimate of drug-likeness (QED) is 0.872. The standard InChI is InChI=1S/C16H15F3N2O/c1-5(2)21-3-6(16(17,18)19)20-13(21)15-10-7-11(15)9-12(15)8(10)14(7,9)4-22/h3,5,7-8,10-11,22H,4H2,1-2H3. The molecular formula is C16H15F3N2O. The zero-order valence-electron chi connectivity index (χ0n) is 12.1. The highest BCUT2D eigenvalue weighted by Crippen LogP contribution is 3.06. The van der Waals surface area contributed by atoms with E-state index < -0.39 is 11.9 Å². The first-order valence-electron chi connectivity index (χ1n) is 7.85. The van der Waals surface area contributed by atoms with Crippen LogP contribution in [-0.4, -0.2) is 21.3 Å². The molecule has 4 fully saturated rings. The molecule has 6 heteroatoms. The van der Waals surface area contributed by atoms with Crippen molar-refractivity contribution < 1.29 is 18.3 Å². The number of hydrogen-bond donors (Lipinski definition) is 1. The van der Waals surface area contributed by atoms with Crippen LogP contribution >= 0.6 is 0 Å². The third-order valence-corrected chi connectivity index (χ3v) is 7.34. The molecule has 4 saturated carbocycles. The number of aliphatic hydroxyl groups is 1. The van der Waals surface area contributed by atoms with Crippen LogP contribution in [0, 0.1) is 29.1 Å². The van der Waals surface area contributed by atoms with Gasteiger partial charge in [0.1, 0.15) is 5.82 Å². The van der Waals surface area contributed by atoms with Crippen LogP contribution in [0.15, 0.2) is 17.3 Å². The normalized spacial score (nSPS) is 48.3. The fraction of sp³-hybridized carbons (Fsp3) is 0.688. The summed E-state index contributed by atoms with van der Waals surface area (Å²) in [5.41, 5.74) is 1.82. The first-order valence-corrected chi connectivity index (χ1v) is 7.85. The molecule has 6 aliphatic rings. The minimum absolute atomic E-state index is 0.0309. The Morgan fingerprint density at radius 2 is 2.00 bits per heavy atom. The Balaban J connectivity index is 1.51. The van der Waals surface area contributed by atoms with E-state index in [1.54, 1.807) is 4.57 Å². The van der Waals surface area contributed by atoms with Gasteiger partial charge in [-0.1, -0.05) is 11.1 Å². The first-order chi connectivity index (χ1) is 10.3. The molecule has 0 spiro atoms. The number of alkyl halides is 3. The topological polar surface area (TPSA) is 38.0 Å². The van der Waals surface area contributed by atoms with E-state index >= 15 is 0 Å². The number of aromatic nitrogens is 2. The minimum atomic E-state index is -4.39. The summed E-state index contributed by atoms with van der Waals surface area (Å²) in [6.45, 7) is 4.02. The number of nitrogens with zero attached hydrogens (tertiary/aromatic N) is 2. The van der Waals surface area contributed by atoms with Gasteiger partial charge in [-0.2, -0.15) is 13.2 Å². The van der Waals surface area contributed by atoms with Crippen molar-refractivity contribution in [1.29, 1.82) is 0 Å². The molecule has 0 aliphatic heterocycles. The number of aliphatic hydroxyl groups excluding tert-OH is 1. The monoisotopic (exact) mass is 308 g/mol. The molecule has 7 rings (SSSR count). The fourth-order valence-electron chi connectivity index (χ4n) is 6.83. The molecule has 3 nitrogen and oxygen atoms in total. The van der Waals surface area contributed by atoms with Crippen LogP contribution in [0.5, 0.6) is 0 Å². The molecular weight excluding hydrogens is 293 g/mol. The summed E-state index contributed by atoms with van der Waals surface area (Å²) in [5, 5.41) is 9.62. The Labute approximate surface area is 124 Å². The van der Waals surface area contributed by atoms with Crippen LogP contribution in [0.2, 0.25) is 0 Å². The largest absolute Gasteiger partial charge is 0.434 e. The summed E-state index contributed by atoms with van der Waals surface area (Å²) < 4.78 is 40.9. The molecule has 1 aromatic heterocycles. The lowest BCUT2D eigenvalue weighted by atomic mass is 8.98. The van der Waals surface area contributed by atoms with Crippen LogP contribution in [-0.2, 0) is 11.6 Å². The van der Waals surface area contributed by atoms with Crippen molar-refractivity contribution in [2.24, 2.45) is 29.1 Å². The van der Waals surface area contributed by atoms with E-state index in [-0.39, 0.29) is 23.5 Å². The van der Waals surface area contributed by atoms with Gasteiger partial charge in [-0.05, 0) is 31.6 Å². The number of imidazole rings is 1. The Kier molecular flexibility index (Phi) is 1.54. The number of hydrogen-bond acceptors (Lipinski definition) is 2. The van der Waals surface area contributed by atoms with Crippen LogP contribution in [0.4, 0.5) is 13.2 Å². The second-order valence-corrected chi connectivity index (χ2v) is 7.85. The predicted octanol–water partition coefficient (Wildman–Crippen LogP) is 2.53. The number of rotatable bonds is 3. The Morgan fingerprint density at radius 1 is 1.27 bits per heavy atom. The molecule has 1 heterocycles. The molecule has 0 amide bonds. The van der Waals surface area contributed by atoms with Gasteiger partial charge in [-0.25, -0.2) is 4.98 Å². The molecule has 1 N–H and O–H groups in total. The number of halogens is 3. The van der Waals surface area contributed by atoms with Gasteiger partial charge < -0.3 is 9.67 Å². The van der Waals surface area contributed by atoms with Crippen molar-refractivity contribution in [3.8, 4) is 0 Å². The minimum Gasteiger partial charge on any atom is -0.395 e. The van der Waals surface area contributed by atoms with Gasteiger partial charge in [0.15, 0.2) is 5.69 Å². The number of allylic oxidation sites excluding steroid dienone is 1. The van der Waals surface area contributed by atoms with Crippen molar-refractivity contribution >= 4 is 0 Å². The highest BCUT2D eigenvalue weighted by molar-refractivity contribution is 5.82. The third kappa shape index (κ3) is 0.728. The first kappa shape index (κ1) is 12.2. The maximum Gasteiger partial charge on any atom is 0.434 e. The van der Waals surface area contributed by atoms with Crippen molar-refractivity contribution in [2.75, 3.05) is 6.61 Å². The molecule has 0 saturated heterocycles. The van der Waals surface area contributed by atoms with E-state index in [1.165, 1.54) is 17.3 Å². The smallest absolute Gasteiger partial charge is 0.395 e. The van der Waals surface area contributed by atoms with Gasteiger partial charge >= 0.3 is 6.18 Å². The lowest BCUT2D eigenvalue weighted by molar-refractivity contribution is -0.419. The maximum atomic E-state index is 13.1. The van der Waals surface area contributed by atoms with Crippen LogP contribution in [0.1, 0.15) is 31.4 Å². The van der Waals surface area contributed by atoms with E-state index in [9.17, 15) is 18.3 Å². The molecule has 0 bridgehead atoms. The lowest BCUT2D eigenvalue weighted by Gasteiger charge is -3.04. The summed E-state index contributed by atoms with van der Waals surface area (Å²) in [6, 6.07) is -0.0309. The van der Waals surface area contributed by atoms with E-state index in [0.717, 1.165) is 0 Å². The van der Waals surface area contributed by atoms with Crippen LogP contribution in [0.3, 0.4) is 0 Å². The highest BCUT2D eigenvalue weighted by Gasteiger charge is 3.05. The van der Waals surface area contributed by atoms with Gasteiger partial charge in [0.25, 0.3) is 0 Å². The van der Waals surface area contributed by atoms with E-state index in [1.807, 2.05) is 13.8 Å². The fourth-order valence-corrected chi connectivity index (χ4v) is 6.83. The Hall–Kier alpha value is -1.30. The predicted molar refractivity (Wildman–Crippen MR) is 69.8 cm³/mol. The van der Waals surface area contributed by atoms with Crippen molar-refractivity contribution in [1.82, 2.24) is 9.55 Å². The second kappa shape index (κ2) is 2.79. The summed E-state index contributed by atoms with van der Waals surface area (Å²) in [4.78, 5) is 4.04. The summed E-state index contributed by atoms with van der Waals surface area (Å²) in [5.74, 6) is 2.42. The lowest BCUT2D eigenvalue weighted by Crippen LogP contribution is -3.03. The van der Waals surface area contributed by atoms with Crippen molar-refractivity contribution in [2.45, 2.75) is 31.5 Å².